The molecule has 4 rings (SSSR count). The zero-order valence-corrected chi connectivity index (χ0v) is 17.1. The first-order valence-electron chi connectivity index (χ1n) is 9.10. The van der Waals surface area contributed by atoms with E-state index >= 15 is 0 Å². The molecule has 0 saturated heterocycles. The molecule has 9 nitrogen and oxygen atoms in total. The Kier molecular flexibility index (Phi) is 5.85. The first-order chi connectivity index (χ1) is 15.0. The van der Waals surface area contributed by atoms with E-state index in [4.69, 9.17) is 0 Å². The van der Waals surface area contributed by atoms with Crippen LogP contribution in [-0.2, 0) is 13.6 Å². The van der Waals surface area contributed by atoms with Crippen molar-refractivity contribution in [1.29, 1.82) is 0 Å². The smallest absolute Gasteiger partial charge is 0.278 e. The lowest BCUT2D eigenvalue weighted by atomic mass is 10.3. The zero-order chi connectivity index (χ0) is 21.8. The van der Waals surface area contributed by atoms with Crippen LogP contribution in [0.15, 0.2) is 75.8 Å². The molecule has 3 aromatic heterocycles. The maximum absolute atomic E-state index is 13.2. The number of hydrogen-bond acceptors (Lipinski definition) is 7. The van der Waals surface area contributed by atoms with Gasteiger partial charge < -0.3 is 5.32 Å². The second-order valence-corrected chi connectivity index (χ2v) is 7.48. The molecule has 0 saturated carbocycles. The van der Waals surface area contributed by atoms with Crippen molar-refractivity contribution in [2.75, 3.05) is 5.32 Å². The molecule has 4 aromatic rings. The molecule has 0 aliphatic heterocycles. The Morgan fingerprint density at radius 1 is 1.19 bits per heavy atom. The van der Waals surface area contributed by atoms with Crippen molar-refractivity contribution in [2.24, 2.45) is 7.05 Å². The van der Waals surface area contributed by atoms with Crippen LogP contribution >= 0.6 is 11.8 Å². The summed E-state index contributed by atoms with van der Waals surface area (Å²) in [5.74, 6) is -0.510. The summed E-state index contributed by atoms with van der Waals surface area (Å²) in [5.41, 5.74) is 0.144. The molecule has 1 amide bonds. The topological polar surface area (TPSA) is 108 Å². The zero-order valence-electron chi connectivity index (χ0n) is 16.3. The average Bonchev–Trinajstić information content (AvgIpc) is 3.17. The van der Waals surface area contributed by atoms with Crippen LogP contribution in [0.25, 0.3) is 0 Å². The van der Waals surface area contributed by atoms with Crippen molar-refractivity contribution in [3.63, 3.8) is 0 Å². The first-order valence-corrected chi connectivity index (χ1v) is 9.92. The number of rotatable bonds is 6. The fourth-order valence-electron chi connectivity index (χ4n) is 2.64. The number of nitrogens with zero attached hydrogens (tertiary/aromatic N) is 6. The molecule has 1 aromatic carbocycles. The van der Waals surface area contributed by atoms with Crippen LogP contribution in [0.4, 0.5) is 10.2 Å². The van der Waals surface area contributed by atoms with Gasteiger partial charge in [-0.15, -0.1) is 0 Å². The molecular formula is C20H16FN7O2S. The number of aryl methyl sites for hydroxylation is 1. The van der Waals surface area contributed by atoms with Crippen LogP contribution in [0, 0.1) is 5.82 Å². The van der Waals surface area contributed by atoms with Crippen molar-refractivity contribution in [1.82, 2.24) is 29.5 Å². The molecule has 0 aliphatic carbocycles. The summed E-state index contributed by atoms with van der Waals surface area (Å²) >= 11 is 1.17. The third kappa shape index (κ3) is 5.01. The number of nitrogens with one attached hydrogen (secondary N) is 1. The number of amides is 1. The minimum Gasteiger partial charge on any atom is -0.304 e. The average molecular weight is 437 g/mol. The van der Waals surface area contributed by atoms with Gasteiger partial charge in [-0.25, -0.2) is 19.0 Å². The molecule has 1 N–H and O–H groups in total. The summed E-state index contributed by atoms with van der Waals surface area (Å²) in [6, 6.07) is 10.4. The van der Waals surface area contributed by atoms with Crippen molar-refractivity contribution < 1.29 is 9.18 Å². The van der Waals surface area contributed by atoms with Crippen LogP contribution in [0.5, 0.6) is 0 Å². The minimum atomic E-state index is -0.508. The van der Waals surface area contributed by atoms with Gasteiger partial charge in [-0.05, 0) is 30.3 Å². The molecule has 0 atom stereocenters. The Bertz CT molecular complexity index is 1290. The van der Waals surface area contributed by atoms with Gasteiger partial charge in [0.1, 0.15) is 10.8 Å². The van der Waals surface area contributed by atoms with Gasteiger partial charge in [-0.3, -0.25) is 14.3 Å². The van der Waals surface area contributed by atoms with E-state index in [0.29, 0.717) is 21.4 Å². The largest absolute Gasteiger partial charge is 0.304 e. The van der Waals surface area contributed by atoms with E-state index in [1.807, 2.05) is 0 Å². The lowest BCUT2D eigenvalue weighted by Crippen LogP contribution is -2.23. The first kappa shape index (κ1) is 20.4. The second kappa shape index (κ2) is 8.88. The van der Waals surface area contributed by atoms with E-state index in [1.54, 1.807) is 42.2 Å². The summed E-state index contributed by atoms with van der Waals surface area (Å²) in [5, 5.41) is 11.1. The van der Waals surface area contributed by atoms with Gasteiger partial charge in [0.2, 0.25) is 0 Å². The predicted molar refractivity (Wildman–Crippen MR) is 111 cm³/mol. The number of hydrogen-bond donors (Lipinski definition) is 1. The highest BCUT2D eigenvalue weighted by Crippen LogP contribution is 2.28. The molecule has 0 bridgehead atoms. The predicted octanol–water partition coefficient (Wildman–Crippen LogP) is 2.36. The Hall–Kier alpha value is -3.86. The Balaban J connectivity index is 1.67. The SMILES string of the molecule is Cn1ccc(NC(=O)c2nc(Cn3ncccc3=O)cnc2Sc2ccc(F)cc2)n1. The maximum atomic E-state index is 13.2. The molecule has 0 aliphatic rings. The number of halogens is 1. The van der Waals surface area contributed by atoms with Gasteiger partial charge >= 0.3 is 0 Å². The molecule has 0 spiro atoms. The van der Waals surface area contributed by atoms with Crippen molar-refractivity contribution in [3.8, 4) is 0 Å². The maximum Gasteiger partial charge on any atom is 0.278 e. The van der Waals surface area contributed by atoms with Crippen LogP contribution in [0.1, 0.15) is 16.2 Å². The van der Waals surface area contributed by atoms with Gasteiger partial charge in [-0.2, -0.15) is 10.2 Å². The molecule has 11 heteroatoms. The Morgan fingerprint density at radius 3 is 2.71 bits per heavy atom. The van der Waals surface area contributed by atoms with Crippen LogP contribution in [-0.4, -0.2) is 35.4 Å². The summed E-state index contributed by atoms with van der Waals surface area (Å²) in [6.45, 7) is 0.0536. The molecular weight excluding hydrogens is 421 g/mol. The quantitative estimate of drug-likeness (QED) is 0.493. The minimum absolute atomic E-state index is 0.0536. The van der Waals surface area contributed by atoms with Gasteiger partial charge in [0.25, 0.3) is 11.5 Å². The molecule has 0 radical (unpaired) electrons. The van der Waals surface area contributed by atoms with Crippen molar-refractivity contribution >= 4 is 23.5 Å². The van der Waals surface area contributed by atoms with E-state index < -0.39 is 5.91 Å². The van der Waals surface area contributed by atoms with E-state index in [-0.39, 0.29) is 23.6 Å². The Morgan fingerprint density at radius 2 is 2.00 bits per heavy atom. The normalized spacial score (nSPS) is 10.8. The van der Waals surface area contributed by atoms with Crippen LogP contribution in [0.3, 0.4) is 0 Å². The van der Waals surface area contributed by atoms with E-state index in [0.717, 1.165) is 0 Å². The van der Waals surface area contributed by atoms with Crippen molar-refractivity contribution in [2.45, 2.75) is 16.5 Å². The number of anilines is 1. The van der Waals surface area contributed by atoms with E-state index in [1.165, 1.54) is 47.0 Å². The van der Waals surface area contributed by atoms with Crippen LogP contribution < -0.4 is 10.9 Å². The molecule has 0 unspecified atom stereocenters. The van der Waals surface area contributed by atoms with Gasteiger partial charge in [0, 0.05) is 36.5 Å². The summed E-state index contributed by atoms with van der Waals surface area (Å²) in [7, 11) is 1.73. The summed E-state index contributed by atoms with van der Waals surface area (Å²) < 4.78 is 16.0. The highest BCUT2D eigenvalue weighted by atomic mass is 32.2. The fourth-order valence-corrected chi connectivity index (χ4v) is 3.48. The highest BCUT2D eigenvalue weighted by Gasteiger charge is 2.19. The van der Waals surface area contributed by atoms with Gasteiger partial charge in [-0.1, -0.05) is 11.8 Å². The molecule has 156 valence electrons. The van der Waals surface area contributed by atoms with Crippen LogP contribution in [0.2, 0.25) is 0 Å². The molecule has 3 heterocycles. The van der Waals surface area contributed by atoms with E-state index in [2.05, 4.69) is 25.5 Å². The van der Waals surface area contributed by atoms with E-state index in [9.17, 15) is 14.0 Å². The monoisotopic (exact) mass is 437 g/mol. The molecule has 0 fully saturated rings. The standard InChI is InChI=1S/C20H16FN7O2S/c1-27-10-8-16(26-27)25-19(30)18-20(31-15-6-4-13(21)5-7-15)22-11-14(24-18)12-28-17(29)3-2-9-23-28/h2-11H,12H2,1H3,(H,25,26,30). The third-order valence-corrected chi connectivity index (χ3v) is 5.08. The van der Waals surface area contributed by atoms with Crippen molar-refractivity contribution in [3.05, 3.63) is 88.6 Å². The lowest BCUT2D eigenvalue weighted by Gasteiger charge is -2.10. The van der Waals surface area contributed by atoms with Gasteiger partial charge in [0.05, 0.1) is 18.4 Å². The number of carbonyl (C=O) groups is 1. The van der Waals surface area contributed by atoms with Gasteiger partial charge in [0.15, 0.2) is 11.5 Å². The summed E-state index contributed by atoms with van der Waals surface area (Å²) in [4.78, 5) is 34.4. The number of benzene rings is 1. The number of carbonyl (C=O) groups excluding carboxylic acids is 1. The Labute approximate surface area is 180 Å². The summed E-state index contributed by atoms with van der Waals surface area (Å²) in [6.07, 6.45) is 4.66. The number of aromatic nitrogens is 6. The lowest BCUT2D eigenvalue weighted by molar-refractivity contribution is 0.101. The highest BCUT2D eigenvalue weighted by molar-refractivity contribution is 7.99. The second-order valence-electron chi connectivity index (χ2n) is 6.42. The third-order valence-electron chi connectivity index (χ3n) is 4.08. The molecule has 31 heavy (non-hydrogen) atoms. The fraction of sp³-hybridized carbons (Fsp3) is 0.100.